The molecule has 0 saturated carbocycles. The largest absolute Gasteiger partial charge is 0.496 e. The van der Waals surface area contributed by atoms with Gasteiger partial charge in [-0.15, -0.1) is 0 Å². The molecule has 4 heteroatoms. The van der Waals surface area contributed by atoms with Gasteiger partial charge in [0.2, 0.25) is 0 Å². The van der Waals surface area contributed by atoms with E-state index in [1.807, 2.05) is 0 Å². The van der Waals surface area contributed by atoms with Gasteiger partial charge in [-0.3, -0.25) is 0 Å². The lowest BCUT2D eigenvalue weighted by atomic mass is 9.94. The fourth-order valence-corrected chi connectivity index (χ4v) is 0.995. The first-order valence-electron chi connectivity index (χ1n) is 3.71. The van der Waals surface area contributed by atoms with Gasteiger partial charge in [0.05, 0.1) is 14.2 Å². The molecule has 66 valence electrons. The van der Waals surface area contributed by atoms with Gasteiger partial charge >= 0.3 is 5.97 Å². The van der Waals surface area contributed by atoms with Crippen molar-refractivity contribution in [2.45, 2.75) is 0 Å². The maximum absolute atomic E-state index is 11.2. The fourth-order valence-electron chi connectivity index (χ4n) is 0.995. The number of benzene rings is 1. The van der Waals surface area contributed by atoms with E-state index in [1.165, 1.54) is 20.3 Å². The molecule has 0 amide bonds. The van der Waals surface area contributed by atoms with Crippen molar-refractivity contribution in [1.82, 2.24) is 0 Å². The Morgan fingerprint density at radius 2 is 2.08 bits per heavy atom. The van der Waals surface area contributed by atoms with Crippen LogP contribution in [0.2, 0.25) is 0 Å². The third-order valence-electron chi connectivity index (χ3n) is 1.63. The minimum absolute atomic E-state index is 0.338. The molecule has 1 aromatic carbocycles. The minimum atomic E-state index is -0.454. The topological polar surface area (TPSA) is 35.5 Å². The zero-order valence-corrected chi connectivity index (χ0v) is 7.53. The lowest BCUT2D eigenvalue weighted by molar-refractivity contribution is 0.0597. The third-order valence-corrected chi connectivity index (χ3v) is 1.63. The highest BCUT2D eigenvalue weighted by atomic mass is 16.5. The summed E-state index contributed by atoms with van der Waals surface area (Å²) in [5.74, 6) is 0.00481. The van der Waals surface area contributed by atoms with Crippen molar-refractivity contribution in [2.24, 2.45) is 0 Å². The van der Waals surface area contributed by atoms with Crippen LogP contribution in [0.25, 0.3) is 0 Å². The molecular formula is C9H9BO3. The van der Waals surface area contributed by atoms with Gasteiger partial charge in [-0.1, -0.05) is 17.6 Å². The lowest BCUT2D eigenvalue weighted by Gasteiger charge is -2.06. The third kappa shape index (κ3) is 2.02. The zero-order valence-electron chi connectivity index (χ0n) is 7.53. The predicted octanol–water partition coefficient (Wildman–Crippen LogP) is 0.276. The number of esters is 1. The highest BCUT2D eigenvalue weighted by Crippen LogP contribution is 2.16. The van der Waals surface area contributed by atoms with Gasteiger partial charge in [0, 0.05) is 0 Å². The van der Waals surface area contributed by atoms with Crippen LogP contribution in [-0.2, 0) is 4.74 Å². The van der Waals surface area contributed by atoms with Crippen molar-refractivity contribution in [3.63, 3.8) is 0 Å². The van der Waals surface area contributed by atoms with Gasteiger partial charge in [0.15, 0.2) is 0 Å². The van der Waals surface area contributed by atoms with E-state index in [4.69, 9.17) is 12.6 Å². The summed E-state index contributed by atoms with van der Waals surface area (Å²) in [5, 5.41) is 0. The van der Waals surface area contributed by atoms with Crippen LogP contribution in [0.15, 0.2) is 18.2 Å². The summed E-state index contributed by atoms with van der Waals surface area (Å²) in [6, 6.07) is 4.80. The van der Waals surface area contributed by atoms with Crippen molar-refractivity contribution in [2.75, 3.05) is 14.2 Å². The van der Waals surface area contributed by atoms with Crippen LogP contribution < -0.4 is 10.2 Å². The van der Waals surface area contributed by atoms with E-state index in [0.717, 1.165) is 0 Å². The van der Waals surface area contributed by atoms with Gasteiger partial charge < -0.3 is 9.47 Å². The molecule has 0 aromatic heterocycles. The zero-order chi connectivity index (χ0) is 9.84. The van der Waals surface area contributed by atoms with Crippen molar-refractivity contribution in [1.29, 1.82) is 0 Å². The minimum Gasteiger partial charge on any atom is -0.496 e. The van der Waals surface area contributed by atoms with Crippen LogP contribution in [0.5, 0.6) is 5.75 Å². The molecule has 1 rings (SSSR count). The van der Waals surface area contributed by atoms with Crippen LogP contribution in [-0.4, -0.2) is 28.0 Å². The summed E-state index contributed by atoms with van der Waals surface area (Å²) >= 11 is 0. The van der Waals surface area contributed by atoms with E-state index in [0.29, 0.717) is 16.8 Å². The van der Waals surface area contributed by atoms with Crippen molar-refractivity contribution < 1.29 is 14.3 Å². The van der Waals surface area contributed by atoms with Gasteiger partial charge in [0.25, 0.3) is 0 Å². The standard InChI is InChI=1S/C9H9BO3/c1-12-8-4-3-6(10)5-7(8)9(11)13-2/h3-5H,1-2H3. The first kappa shape index (κ1) is 9.64. The quantitative estimate of drug-likeness (QED) is 0.479. The molecule has 3 nitrogen and oxygen atoms in total. The molecule has 0 atom stereocenters. The molecule has 0 aliphatic carbocycles. The summed E-state index contributed by atoms with van der Waals surface area (Å²) in [4.78, 5) is 11.2. The summed E-state index contributed by atoms with van der Waals surface area (Å²) in [6.45, 7) is 0. The van der Waals surface area contributed by atoms with Gasteiger partial charge in [0.1, 0.15) is 19.2 Å². The number of rotatable bonds is 2. The Morgan fingerprint density at radius 3 is 2.62 bits per heavy atom. The molecule has 0 saturated heterocycles. The molecule has 0 aliphatic heterocycles. The van der Waals surface area contributed by atoms with E-state index in [2.05, 4.69) is 4.74 Å². The molecular weight excluding hydrogens is 167 g/mol. The highest BCUT2D eigenvalue weighted by molar-refractivity contribution is 6.32. The molecule has 1 aromatic rings. The fraction of sp³-hybridized carbons (Fsp3) is 0.222. The summed E-state index contributed by atoms with van der Waals surface area (Å²) in [5.41, 5.74) is 0.839. The Morgan fingerprint density at radius 1 is 1.38 bits per heavy atom. The van der Waals surface area contributed by atoms with Crippen molar-refractivity contribution in [3.05, 3.63) is 23.8 Å². The maximum atomic E-state index is 11.2. The second-order valence-electron chi connectivity index (χ2n) is 2.45. The van der Waals surface area contributed by atoms with Crippen LogP contribution >= 0.6 is 0 Å². The average Bonchev–Trinajstić information content (AvgIpc) is 2.16. The lowest BCUT2D eigenvalue weighted by Crippen LogP contribution is -2.10. The molecule has 0 heterocycles. The SMILES string of the molecule is [B]c1ccc(OC)c(C(=O)OC)c1. The van der Waals surface area contributed by atoms with Crippen LogP contribution in [0.3, 0.4) is 0 Å². The van der Waals surface area contributed by atoms with Gasteiger partial charge in [-0.2, -0.15) is 0 Å². The van der Waals surface area contributed by atoms with Crippen LogP contribution in [0.4, 0.5) is 0 Å². The molecule has 13 heavy (non-hydrogen) atoms. The molecule has 0 bridgehead atoms. The van der Waals surface area contributed by atoms with E-state index < -0.39 is 5.97 Å². The number of ether oxygens (including phenoxy) is 2. The Labute approximate surface area is 78.1 Å². The Kier molecular flexibility index (Phi) is 2.95. The first-order chi connectivity index (χ1) is 6.19. The number of carbonyl (C=O) groups excluding carboxylic acids is 1. The first-order valence-corrected chi connectivity index (χ1v) is 3.71. The summed E-state index contributed by atoms with van der Waals surface area (Å²) in [6.07, 6.45) is 0. The van der Waals surface area contributed by atoms with Crippen LogP contribution in [0.1, 0.15) is 10.4 Å². The van der Waals surface area contributed by atoms with E-state index in [9.17, 15) is 4.79 Å². The van der Waals surface area contributed by atoms with Crippen molar-refractivity contribution in [3.8, 4) is 5.75 Å². The Bertz CT molecular complexity index is 323. The number of carbonyl (C=O) groups is 1. The molecule has 2 radical (unpaired) electrons. The summed E-state index contributed by atoms with van der Waals surface area (Å²) in [7, 11) is 8.31. The predicted molar refractivity (Wildman–Crippen MR) is 49.7 cm³/mol. The second-order valence-corrected chi connectivity index (χ2v) is 2.45. The van der Waals surface area contributed by atoms with Gasteiger partial charge in [-0.25, -0.2) is 4.79 Å². The van der Waals surface area contributed by atoms with E-state index in [1.54, 1.807) is 12.1 Å². The monoisotopic (exact) mass is 176 g/mol. The average molecular weight is 176 g/mol. The van der Waals surface area contributed by atoms with Gasteiger partial charge in [-0.05, 0) is 6.07 Å². The van der Waals surface area contributed by atoms with Crippen LogP contribution in [0, 0.1) is 0 Å². The highest BCUT2D eigenvalue weighted by Gasteiger charge is 2.11. The smallest absolute Gasteiger partial charge is 0.341 e. The number of hydrogen-bond acceptors (Lipinski definition) is 3. The Hall–Kier alpha value is -1.45. The molecule has 0 N–H and O–H groups in total. The second kappa shape index (κ2) is 3.98. The molecule has 0 spiro atoms. The number of methoxy groups -OCH3 is 2. The normalized spacial score (nSPS) is 9.38. The van der Waals surface area contributed by atoms with E-state index in [-0.39, 0.29) is 0 Å². The molecule has 0 fully saturated rings. The number of hydrogen-bond donors (Lipinski definition) is 0. The maximum Gasteiger partial charge on any atom is 0.341 e. The van der Waals surface area contributed by atoms with E-state index >= 15 is 0 Å². The van der Waals surface area contributed by atoms with Crippen molar-refractivity contribution >= 4 is 19.3 Å². The summed E-state index contributed by atoms with van der Waals surface area (Å²) < 4.78 is 9.53. The molecule has 0 unspecified atom stereocenters. The molecule has 0 aliphatic rings. The Balaban J connectivity index is 3.15.